The maximum atomic E-state index is 13.7. The van der Waals surface area contributed by atoms with E-state index in [0.29, 0.717) is 22.3 Å². The van der Waals surface area contributed by atoms with Crippen LogP contribution in [0.3, 0.4) is 0 Å². The van der Waals surface area contributed by atoms with Gasteiger partial charge in [-0.3, -0.25) is 14.4 Å². The van der Waals surface area contributed by atoms with Gasteiger partial charge in [0.05, 0.1) is 5.56 Å². The van der Waals surface area contributed by atoms with Crippen molar-refractivity contribution in [1.82, 2.24) is 19.4 Å². The van der Waals surface area contributed by atoms with E-state index in [1.54, 1.807) is 39.9 Å². The van der Waals surface area contributed by atoms with E-state index in [1.165, 1.54) is 12.3 Å². The number of likely N-dealkylation sites (tertiary alicyclic amines) is 1. The Labute approximate surface area is 223 Å². The number of fused-ring (bicyclic) bond motifs is 3. The number of carbonyl (C=O) groups excluding carboxylic acids is 3. The molecule has 1 saturated carbocycles. The molecule has 1 saturated heterocycles. The highest BCUT2D eigenvalue weighted by atomic mass is 19.1. The van der Waals surface area contributed by atoms with Crippen LogP contribution in [0.4, 0.5) is 10.2 Å². The Balaban J connectivity index is 1.29. The molecule has 2 unspecified atom stereocenters. The number of rotatable bonds is 6. The lowest BCUT2D eigenvalue weighted by atomic mass is 9.97. The fourth-order valence-corrected chi connectivity index (χ4v) is 6.08. The predicted molar refractivity (Wildman–Crippen MR) is 143 cm³/mol. The molecule has 3 N–H and O–H groups in total. The lowest BCUT2D eigenvalue weighted by molar-refractivity contribution is -0.141. The number of carbonyl (C=O) groups is 3. The third-order valence-electron chi connectivity index (χ3n) is 7.79. The zero-order valence-electron chi connectivity index (χ0n) is 21.3. The number of halogens is 1. The minimum absolute atomic E-state index is 0.00117. The first-order valence-corrected chi connectivity index (χ1v) is 12.9. The van der Waals surface area contributed by atoms with Crippen molar-refractivity contribution >= 4 is 34.4 Å². The highest BCUT2D eigenvalue weighted by Crippen LogP contribution is 2.43. The minimum Gasteiger partial charge on any atom is -0.366 e. The third kappa shape index (κ3) is 4.52. The molecule has 1 aliphatic carbocycles. The first-order chi connectivity index (χ1) is 18.8. The van der Waals surface area contributed by atoms with Crippen LogP contribution in [0.5, 0.6) is 0 Å². The summed E-state index contributed by atoms with van der Waals surface area (Å²) < 4.78 is 15.0. The molecule has 39 heavy (non-hydrogen) atoms. The SMILES string of the molecule is Cc1cccc(NC(=O)[C@@H]2C3CCC(C3)N2C(=O)Cn2cc(C(N)=O)c3cc(-c4ccc(F)nc4)ccc32)n1. The Morgan fingerprint density at radius 1 is 1.10 bits per heavy atom. The van der Waals surface area contributed by atoms with Crippen LogP contribution in [0.1, 0.15) is 35.3 Å². The average molecular weight is 527 g/mol. The van der Waals surface area contributed by atoms with Crippen LogP contribution >= 0.6 is 0 Å². The number of pyridine rings is 2. The second-order valence-corrected chi connectivity index (χ2v) is 10.3. The van der Waals surface area contributed by atoms with Gasteiger partial charge in [0.25, 0.3) is 5.91 Å². The first-order valence-electron chi connectivity index (χ1n) is 12.9. The highest BCUT2D eigenvalue weighted by molar-refractivity contribution is 6.07. The van der Waals surface area contributed by atoms with Crippen molar-refractivity contribution in [2.24, 2.45) is 11.7 Å². The Morgan fingerprint density at radius 3 is 2.67 bits per heavy atom. The Morgan fingerprint density at radius 2 is 1.92 bits per heavy atom. The normalized spacial score (nSPS) is 19.9. The Bertz CT molecular complexity index is 1620. The summed E-state index contributed by atoms with van der Waals surface area (Å²) in [4.78, 5) is 49.1. The summed E-state index contributed by atoms with van der Waals surface area (Å²) in [6, 6.07) is 13.1. The summed E-state index contributed by atoms with van der Waals surface area (Å²) >= 11 is 0. The molecule has 9 nitrogen and oxygen atoms in total. The van der Waals surface area contributed by atoms with Crippen LogP contribution in [-0.4, -0.2) is 49.2 Å². The summed E-state index contributed by atoms with van der Waals surface area (Å²) in [5.74, 6) is -1.08. The standard InChI is InChI=1S/C29H27FN6O3/c1-16-3-2-4-25(33-16)34-29(39)27-18-5-8-20(11-18)36(27)26(37)15-35-14-22(28(31)38)21-12-17(6-9-23(21)35)19-7-10-24(30)32-13-19/h2-4,6-7,9-10,12-14,18,20,27H,5,8,11,15H2,1H3,(H2,31,38)(H,33,34,39)/t18?,20?,27-/m0/s1. The molecule has 0 radical (unpaired) electrons. The van der Waals surface area contributed by atoms with Crippen molar-refractivity contribution in [2.75, 3.05) is 5.32 Å². The number of nitrogens with one attached hydrogen (secondary N) is 1. The molecule has 0 spiro atoms. The number of nitrogens with two attached hydrogens (primary N) is 1. The number of hydrogen-bond acceptors (Lipinski definition) is 5. The van der Waals surface area contributed by atoms with Gasteiger partial charge in [0, 0.05) is 40.6 Å². The van der Waals surface area contributed by atoms with Gasteiger partial charge < -0.3 is 20.5 Å². The first kappa shape index (κ1) is 24.7. The van der Waals surface area contributed by atoms with Crippen LogP contribution in [-0.2, 0) is 16.1 Å². The van der Waals surface area contributed by atoms with Crippen LogP contribution in [0.25, 0.3) is 22.0 Å². The Hall–Kier alpha value is -4.60. The highest BCUT2D eigenvalue weighted by Gasteiger charge is 2.51. The van der Waals surface area contributed by atoms with Gasteiger partial charge in [-0.25, -0.2) is 9.97 Å². The predicted octanol–water partition coefficient (Wildman–Crippen LogP) is 3.66. The van der Waals surface area contributed by atoms with E-state index >= 15 is 0 Å². The van der Waals surface area contributed by atoms with Crippen molar-refractivity contribution in [2.45, 2.75) is 44.8 Å². The van der Waals surface area contributed by atoms with E-state index in [9.17, 15) is 18.8 Å². The molecule has 2 bridgehead atoms. The monoisotopic (exact) mass is 526 g/mol. The second kappa shape index (κ2) is 9.61. The molecule has 3 amide bonds. The Kier molecular flexibility index (Phi) is 6.09. The number of piperidine rings is 1. The van der Waals surface area contributed by atoms with Crippen LogP contribution < -0.4 is 11.1 Å². The van der Waals surface area contributed by atoms with Crippen molar-refractivity contribution in [3.63, 3.8) is 0 Å². The fourth-order valence-electron chi connectivity index (χ4n) is 6.08. The number of hydrogen-bond donors (Lipinski definition) is 2. The van der Waals surface area contributed by atoms with Gasteiger partial charge in [0.1, 0.15) is 18.4 Å². The molecule has 3 atom stereocenters. The molecule has 2 aliphatic rings. The van der Waals surface area contributed by atoms with Gasteiger partial charge in [-0.1, -0.05) is 12.1 Å². The molecule has 10 heteroatoms. The average Bonchev–Trinajstić information content (AvgIpc) is 3.62. The summed E-state index contributed by atoms with van der Waals surface area (Å²) in [5.41, 5.74) is 8.82. The van der Waals surface area contributed by atoms with Gasteiger partial charge in [0.15, 0.2) is 0 Å². The maximum absolute atomic E-state index is 13.7. The van der Waals surface area contributed by atoms with Gasteiger partial charge in [0.2, 0.25) is 17.8 Å². The molecule has 4 aromatic rings. The minimum atomic E-state index is -0.622. The zero-order valence-corrected chi connectivity index (χ0v) is 21.3. The van der Waals surface area contributed by atoms with Gasteiger partial charge >= 0.3 is 0 Å². The second-order valence-electron chi connectivity index (χ2n) is 10.3. The molecular formula is C29H27FN6O3. The van der Waals surface area contributed by atoms with Crippen LogP contribution in [0, 0.1) is 18.8 Å². The van der Waals surface area contributed by atoms with Crippen molar-refractivity contribution in [1.29, 1.82) is 0 Å². The molecule has 1 aliphatic heterocycles. The maximum Gasteiger partial charge on any atom is 0.250 e. The van der Waals surface area contributed by atoms with E-state index in [4.69, 9.17) is 5.73 Å². The van der Waals surface area contributed by atoms with Gasteiger partial charge in [-0.05, 0) is 74.1 Å². The molecular weight excluding hydrogens is 499 g/mol. The summed E-state index contributed by atoms with van der Waals surface area (Å²) in [7, 11) is 0. The lowest BCUT2D eigenvalue weighted by Crippen LogP contribution is -2.51. The molecule has 2 fully saturated rings. The molecule has 1 aromatic carbocycles. The van der Waals surface area contributed by atoms with Gasteiger partial charge in [-0.15, -0.1) is 0 Å². The van der Waals surface area contributed by atoms with E-state index in [0.717, 1.165) is 30.5 Å². The zero-order chi connectivity index (χ0) is 27.3. The van der Waals surface area contributed by atoms with Gasteiger partial charge in [-0.2, -0.15) is 4.39 Å². The van der Waals surface area contributed by atoms with E-state index in [-0.39, 0.29) is 35.9 Å². The number of aryl methyl sites for hydroxylation is 1. The fraction of sp³-hybridized carbons (Fsp3) is 0.276. The lowest BCUT2D eigenvalue weighted by Gasteiger charge is -2.34. The number of anilines is 1. The molecule has 4 heterocycles. The molecule has 198 valence electrons. The van der Waals surface area contributed by atoms with E-state index in [2.05, 4.69) is 15.3 Å². The van der Waals surface area contributed by atoms with Crippen molar-refractivity contribution in [3.05, 3.63) is 78.1 Å². The largest absolute Gasteiger partial charge is 0.366 e. The number of benzene rings is 1. The molecule has 6 rings (SSSR count). The summed E-state index contributed by atoms with van der Waals surface area (Å²) in [6.45, 7) is 1.81. The third-order valence-corrected chi connectivity index (χ3v) is 7.79. The topological polar surface area (TPSA) is 123 Å². The smallest absolute Gasteiger partial charge is 0.250 e. The molecule has 3 aromatic heterocycles. The van der Waals surface area contributed by atoms with Crippen molar-refractivity contribution in [3.8, 4) is 11.1 Å². The number of primary amides is 1. The number of aromatic nitrogens is 3. The van der Waals surface area contributed by atoms with E-state index < -0.39 is 17.9 Å². The van der Waals surface area contributed by atoms with Crippen molar-refractivity contribution < 1.29 is 18.8 Å². The van der Waals surface area contributed by atoms with E-state index in [1.807, 2.05) is 25.1 Å². The number of nitrogens with zero attached hydrogens (tertiary/aromatic N) is 4. The summed E-state index contributed by atoms with van der Waals surface area (Å²) in [5, 5.41) is 3.47. The van der Waals surface area contributed by atoms with Crippen LogP contribution in [0.15, 0.2) is 60.9 Å². The number of amides is 3. The van der Waals surface area contributed by atoms with Crippen LogP contribution in [0.2, 0.25) is 0 Å². The summed E-state index contributed by atoms with van der Waals surface area (Å²) in [6.07, 6.45) is 5.54. The quantitative estimate of drug-likeness (QED) is 0.371.